The van der Waals surface area contributed by atoms with E-state index in [-0.39, 0.29) is 34.8 Å². The van der Waals surface area contributed by atoms with Gasteiger partial charge in [0.25, 0.3) is 11.8 Å². The summed E-state index contributed by atoms with van der Waals surface area (Å²) in [6.45, 7) is 10.2. The highest BCUT2D eigenvalue weighted by Gasteiger charge is 2.49. The molecule has 0 saturated carbocycles. The molecule has 4 aromatic rings. The molecule has 10 heteroatoms. The number of rotatable bonds is 42. The molecular weight excluding hydrogens is 1070 g/mol. The van der Waals surface area contributed by atoms with E-state index in [9.17, 15) is 21.0 Å². The highest BCUT2D eigenvalue weighted by Crippen LogP contribution is 2.48. The van der Waals surface area contributed by atoms with Gasteiger partial charge in [-0.1, -0.05) is 256 Å². The number of nitrogens with zero attached hydrogens (tertiary/aromatic N) is 6. The summed E-state index contributed by atoms with van der Waals surface area (Å²) in [5.41, 5.74) is 6.26. The number of amides is 2. The standard InChI is InChI=1S/C74H96N6O2S2/c1-5-9-13-17-21-23-27-31-35-57(33-29-25-19-15-11-7-3)55-79-71(63-41-37-61(38-42-63)67-47-45-65(83-67)49-59(51-75)52-76)69-70(73(79)81)72(64-43-39-62(40-44-64)68-48-46-66(84-68)50-60(53-77)54-78)80(74(69)82)56-58(34-30-26-20-16-12-8-4)36-32-28-24-22-18-14-10-6-2/h37-50,57-58H,5-36,55-56H2,1-4H3. The van der Waals surface area contributed by atoms with E-state index in [0.717, 1.165) is 105 Å². The van der Waals surface area contributed by atoms with Crippen LogP contribution in [0.4, 0.5) is 0 Å². The average molecular weight is 1170 g/mol. The van der Waals surface area contributed by atoms with Gasteiger partial charge in [-0.3, -0.25) is 9.59 Å². The summed E-state index contributed by atoms with van der Waals surface area (Å²) in [6.07, 6.45) is 42.0. The quantitative estimate of drug-likeness (QED) is 0.0320. The van der Waals surface area contributed by atoms with Gasteiger partial charge in [0.1, 0.15) is 35.4 Å². The fourth-order valence-corrected chi connectivity index (χ4v) is 14.2. The molecule has 0 fully saturated rings. The van der Waals surface area contributed by atoms with Gasteiger partial charge in [-0.15, -0.1) is 22.7 Å². The Balaban J connectivity index is 1.44. The molecule has 0 radical (unpaired) electrons. The number of carbonyl (C=O) groups excluding carboxylic acids is 2. The second-order valence-electron chi connectivity index (χ2n) is 23.8. The summed E-state index contributed by atoms with van der Waals surface area (Å²) >= 11 is 3.04. The molecule has 2 aliphatic heterocycles. The molecule has 0 saturated heterocycles. The lowest BCUT2D eigenvalue weighted by molar-refractivity contribution is -0.124. The van der Waals surface area contributed by atoms with Crippen molar-refractivity contribution >= 4 is 58.0 Å². The zero-order chi connectivity index (χ0) is 59.7. The first-order chi connectivity index (χ1) is 41.2. The number of fused-ring (bicyclic) bond motifs is 1. The van der Waals surface area contributed by atoms with Crippen molar-refractivity contribution in [3.8, 4) is 45.2 Å². The number of unbranched alkanes of at least 4 members (excludes halogenated alkanes) is 24. The van der Waals surface area contributed by atoms with Gasteiger partial charge in [-0.2, -0.15) is 21.0 Å². The summed E-state index contributed by atoms with van der Waals surface area (Å²) in [6, 6.07) is 32.5. The Morgan fingerprint density at radius 2 is 0.643 bits per heavy atom. The Labute approximate surface area is 514 Å². The van der Waals surface area contributed by atoms with Crippen molar-refractivity contribution in [1.29, 1.82) is 21.0 Å². The summed E-state index contributed by atoms with van der Waals surface area (Å²) in [5, 5.41) is 37.9. The minimum Gasteiger partial charge on any atom is -0.307 e. The van der Waals surface area contributed by atoms with Crippen LogP contribution in [0.15, 0.2) is 95.1 Å². The lowest BCUT2D eigenvalue weighted by Gasteiger charge is -2.30. The Bertz CT molecular complexity index is 2740. The zero-order valence-electron chi connectivity index (χ0n) is 51.6. The van der Waals surface area contributed by atoms with Gasteiger partial charge < -0.3 is 9.80 Å². The monoisotopic (exact) mass is 1160 g/mol. The molecular formula is C74H96N6O2S2. The fourth-order valence-electron chi connectivity index (χ4n) is 12.3. The zero-order valence-corrected chi connectivity index (χ0v) is 53.2. The van der Waals surface area contributed by atoms with Crippen LogP contribution in [0.1, 0.15) is 254 Å². The summed E-state index contributed by atoms with van der Waals surface area (Å²) in [4.78, 5) is 39.8. The first-order valence-corrected chi connectivity index (χ1v) is 34.4. The third-order valence-electron chi connectivity index (χ3n) is 17.1. The molecule has 84 heavy (non-hydrogen) atoms. The number of carbonyl (C=O) groups is 2. The molecule has 0 aliphatic carbocycles. The Hall–Kier alpha value is -6.30. The van der Waals surface area contributed by atoms with Crippen LogP contribution in [-0.2, 0) is 9.59 Å². The Morgan fingerprint density at radius 1 is 0.381 bits per heavy atom. The van der Waals surface area contributed by atoms with Crippen molar-refractivity contribution in [1.82, 2.24) is 9.80 Å². The topological polar surface area (TPSA) is 136 Å². The van der Waals surface area contributed by atoms with Gasteiger partial charge >= 0.3 is 0 Å². The van der Waals surface area contributed by atoms with E-state index in [1.807, 2.05) is 58.3 Å². The van der Waals surface area contributed by atoms with E-state index < -0.39 is 0 Å². The molecule has 2 aromatic carbocycles. The van der Waals surface area contributed by atoms with Crippen LogP contribution in [0.3, 0.4) is 0 Å². The number of benzene rings is 2. The molecule has 0 N–H and O–H groups in total. The smallest absolute Gasteiger partial charge is 0.261 e. The maximum Gasteiger partial charge on any atom is 0.261 e. The van der Waals surface area contributed by atoms with Crippen LogP contribution in [-0.4, -0.2) is 34.7 Å². The van der Waals surface area contributed by atoms with E-state index >= 15 is 9.59 Å². The summed E-state index contributed by atoms with van der Waals surface area (Å²) in [5.74, 6) is 0.395. The summed E-state index contributed by atoms with van der Waals surface area (Å²) in [7, 11) is 0. The van der Waals surface area contributed by atoms with Crippen LogP contribution in [0, 0.1) is 57.2 Å². The SMILES string of the molecule is CCCCCCCCCCC(CCCCCCCC)CN1C(=O)C2=C(c3ccc(-c4ccc(C=C(C#N)C#N)s4)cc3)N(CC(CCCCCCCC)CCCCCCCCCC)C(=O)C2=C1c1ccc(-c2ccc(C=C(C#N)C#N)s2)cc1. The van der Waals surface area contributed by atoms with Crippen molar-refractivity contribution in [2.75, 3.05) is 13.1 Å². The average Bonchev–Trinajstić information content (AvgIpc) is 1.77. The number of hydrogen-bond acceptors (Lipinski definition) is 8. The van der Waals surface area contributed by atoms with Gasteiger partial charge in [0, 0.05) is 32.6 Å². The van der Waals surface area contributed by atoms with Gasteiger partial charge in [-0.25, -0.2) is 0 Å². The molecule has 2 unspecified atom stereocenters. The van der Waals surface area contributed by atoms with Crippen molar-refractivity contribution < 1.29 is 9.59 Å². The lowest BCUT2D eigenvalue weighted by atomic mass is 9.92. The molecule has 2 aliphatic rings. The first kappa shape index (κ1) is 66.8. The molecule has 0 spiro atoms. The second kappa shape index (κ2) is 37.9. The van der Waals surface area contributed by atoms with Gasteiger partial charge in [0.15, 0.2) is 0 Å². The molecule has 0 bridgehead atoms. The highest BCUT2D eigenvalue weighted by atomic mass is 32.1. The van der Waals surface area contributed by atoms with Crippen LogP contribution < -0.4 is 0 Å². The highest BCUT2D eigenvalue weighted by molar-refractivity contribution is 7.16. The lowest BCUT2D eigenvalue weighted by Crippen LogP contribution is -2.35. The predicted octanol–water partition coefficient (Wildman–Crippen LogP) is 21.6. The van der Waals surface area contributed by atoms with Gasteiger partial charge in [0.2, 0.25) is 0 Å². The third kappa shape index (κ3) is 20.5. The fraction of sp³-hybridized carbons (Fsp3) is 0.541. The van der Waals surface area contributed by atoms with E-state index in [1.165, 1.54) is 177 Å². The largest absolute Gasteiger partial charge is 0.307 e. The molecule has 2 atom stereocenters. The summed E-state index contributed by atoms with van der Waals surface area (Å²) < 4.78 is 0. The second-order valence-corrected chi connectivity index (χ2v) is 26.0. The van der Waals surface area contributed by atoms with Crippen LogP contribution >= 0.6 is 22.7 Å². The number of thiophene rings is 2. The maximum atomic E-state index is 16.1. The molecule has 8 nitrogen and oxygen atoms in total. The van der Waals surface area contributed by atoms with Crippen molar-refractivity contribution in [3.05, 3.63) is 116 Å². The first-order valence-electron chi connectivity index (χ1n) is 32.8. The number of nitriles is 4. The number of allylic oxidation sites excluding steroid dienone is 2. The van der Waals surface area contributed by atoms with Gasteiger partial charge in [-0.05, 0) is 96.2 Å². The van der Waals surface area contributed by atoms with E-state index in [2.05, 4.69) is 76.2 Å². The van der Waals surface area contributed by atoms with Crippen LogP contribution in [0.25, 0.3) is 44.4 Å². The third-order valence-corrected chi connectivity index (χ3v) is 19.3. The minimum atomic E-state index is -0.0839. The number of hydrogen-bond donors (Lipinski definition) is 0. The minimum absolute atomic E-state index is 0.0599. The van der Waals surface area contributed by atoms with Crippen molar-refractivity contribution in [2.45, 2.75) is 233 Å². The Kier molecular flexibility index (Phi) is 30.1. The van der Waals surface area contributed by atoms with E-state index in [4.69, 9.17) is 0 Å². The molecule has 446 valence electrons. The van der Waals surface area contributed by atoms with E-state index in [1.54, 1.807) is 12.2 Å². The van der Waals surface area contributed by atoms with Crippen molar-refractivity contribution in [3.63, 3.8) is 0 Å². The van der Waals surface area contributed by atoms with E-state index in [0.29, 0.717) is 24.2 Å². The molecule has 2 aromatic heterocycles. The Morgan fingerprint density at radius 3 is 0.917 bits per heavy atom. The van der Waals surface area contributed by atoms with Gasteiger partial charge in [0.05, 0.1) is 22.5 Å². The maximum absolute atomic E-state index is 16.1. The molecule has 2 amide bonds. The molecule has 6 rings (SSSR count). The van der Waals surface area contributed by atoms with Crippen LogP contribution in [0.5, 0.6) is 0 Å². The van der Waals surface area contributed by atoms with Crippen molar-refractivity contribution in [2.24, 2.45) is 11.8 Å². The predicted molar refractivity (Wildman–Crippen MR) is 353 cm³/mol. The van der Waals surface area contributed by atoms with Crippen LogP contribution in [0.2, 0.25) is 0 Å². The molecule has 4 heterocycles. The normalized spacial score (nSPS) is 13.7.